The van der Waals surface area contributed by atoms with Crippen molar-refractivity contribution in [3.8, 4) is 101 Å². The van der Waals surface area contributed by atoms with E-state index in [1.54, 1.807) is 0 Å². The summed E-state index contributed by atoms with van der Waals surface area (Å²) in [6.07, 6.45) is 0. The standard InChI is InChI=1S/C114H68N4O3/c1-3-24-71(25-4-1)84-62-61-82(111-93-35-12-18-49-106(93)121-114(84)111)72-52-50-69(51-53-72)70-54-58-78(59-55-70)115-97-42-14-8-32-90(97)108-80(36-21-45-100(108)115)75-56-60-86-85-30-7-13-41-96(85)117(103(86)67-75)79-29-19-26-73(64-79)94-66-76(68-104-110(94)91-33-9-15-43-98(91)116(104)77-27-5-2-6-28-77)81-37-22-46-101-109(81)92-34-10-16-44-99(92)118(101)102-47-23-40-89-95-65-74(57-63-107(95)120-113(89)102)83-38-20-39-88-87-31-11-17-48-105(87)119-112(83)88/h1-68H. The molecule has 7 aromatic heterocycles. The van der Waals surface area contributed by atoms with Crippen LogP contribution in [0.4, 0.5) is 0 Å². The smallest absolute Gasteiger partial charge is 0.159 e. The van der Waals surface area contributed by atoms with Crippen molar-refractivity contribution in [1.29, 1.82) is 0 Å². The minimum Gasteiger partial charge on any atom is -0.455 e. The molecule has 0 aliphatic rings. The molecule has 0 N–H and O–H groups in total. The fourth-order valence-electron chi connectivity index (χ4n) is 20.3. The molecule has 26 rings (SSSR count). The SMILES string of the molecule is c1ccc(-c2ccc(-c3ccc(-c4ccc(-n5c6ccccc6c6c(-c7ccc8c9ccccc9n(-c9cccc(-c%10cc(-c%11cccc%12c%11c%11ccccc%11n%12-c%11cccc%12c%11oc%11ccc(-c%13cccc%14c%13oc%13ccccc%13%14)cc%11%12)cc%11c%10c%10ccccc%10n%11-c%10ccccc%10)c9)c8c7)cccc65)cc4)cc3)c3c2oc2ccccc23)cc1. The predicted molar refractivity (Wildman–Crippen MR) is 504 cm³/mol. The maximum atomic E-state index is 7.09. The molecule has 0 radical (unpaired) electrons. The second-order valence-corrected chi connectivity index (χ2v) is 32.0. The Bertz CT molecular complexity index is 8830. The molecule has 0 aliphatic heterocycles. The first-order valence-corrected chi connectivity index (χ1v) is 41.4. The third-order valence-electron chi connectivity index (χ3n) is 25.6. The Hall–Kier alpha value is -16.2. The molecule has 0 saturated carbocycles. The van der Waals surface area contributed by atoms with Gasteiger partial charge in [-0.1, -0.05) is 285 Å². The summed E-state index contributed by atoms with van der Waals surface area (Å²) in [5.41, 5.74) is 34.2. The van der Waals surface area contributed by atoms with Crippen LogP contribution in [0.3, 0.4) is 0 Å². The quantitative estimate of drug-likeness (QED) is 0.130. The van der Waals surface area contributed by atoms with Crippen LogP contribution in [0.1, 0.15) is 0 Å². The van der Waals surface area contributed by atoms with Gasteiger partial charge in [0.2, 0.25) is 0 Å². The van der Waals surface area contributed by atoms with Gasteiger partial charge in [0.1, 0.15) is 27.9 Å². The maximum absolute atomic E-state index is 7.09. The number of hydrogen-bond acceptors (Lipinski definition) is 3. The van der Waals surface area contributed by atoms with Crippen LogP contribution in [0, 0.1) is 0 Å². The third-order valence-corrected chi connectivity index (χ3v) is 25.6. The summed E-state index contributed by atoms with van der Waals surface area (Å²) in [5, 5.41) is 16.1. The zero-order chi connectivity index (χ0) is 79.1. The van der Waals surface area contributed by atoms with Crippen molar-refractivity contribution in [2.75, 3.05) is 0 Å². The van der Waals surface area contributed by atoms with E-state index < -0.39 is 0 Å². The van der Waals surface area contributed by atoms with Crippen molar-refractivity contribution < 1.29 is 13.3 Å². The van der Waals surface area contributed by atoms with Gasteiger partial charge in [-0.05, 0) is 194 Å². The average molecular weight is 1540 g/mol. The summed E-state index contributed by atoms with van der Waals surface area (Å²) in [6, 6.07) is 151. The van der Waals surface area contributed by atoms with Crippen LogP contribution in [0.5, 0.6) is 0 Å². The Morgan fingerprint density at radius 3 is 1.27 bits per heavy atom. The third kappa shape index (κ3) is 10.1. The molecule has 0 bridgehead atoms. The molecule has 26 aromatic rings. The van der Waals surface area contributed by atoms with Crippen LogP contribution in [0.15, 0.2) is 426 Å². The Kier molecular flexibility index (Phi) is 14.5. The van der Waals surface area contributed by atoms with Gasteiger partial charge in [-0.25, -0.2) is 0 Å². The molecule has 0 fully saturated rings. The lowest BCUT2D eigenvalue weighted by atomic mass is 9.92. The maximum Gasteiger partial charge on any atom is 0.159 e. The van der Waals surface area contributed by atoms with E-state index in [2.05, 4.69) is 413 Å². The predicted octanol–water partition coefficient (Wildman–Crippen LogP) is 31.4. The molecule has 7 nitrogen and oxygen atoms in total. The Balaban J connectivity index is 0.594. The van der Waals surface area contributed by atoms with Gasteiger partial charge < -0.3 is 31.5 Å². The van der Waals surface area contributed by atoms with Gasteiger partial charge in [0, 0.05) is 104 Å². The highest BCUT2D eigenvalue weighted by Gasteiger charge is 2.27. The van der Waals surface area contributed by atoms with Crippen molar-refractivity contribution in [2.45, 2.75) is 0 Å². The molecule has 121 heavy (non-hydrogen) atoms. The fourth-order valence-corrected chi connectivity index (χ4v) is 20.3. The topological polar surface area (TPSA) is 59.1 Å². The van der Waals surface area contributed by atoms with Crippen LogP contribution in [0.2, 0.25) is 0 Å². The summed E-state index contributed by atoms with van der Waals surface area (Å²) in [5.74, 6) is 0. The van der Waals surface area contributed by atoms with Gasteiger partial charge in [0.15, 0.2) is 5.58 Å². The van der Waals surface area contributed by atoms with Gasteiger partial charge in [0.05, 0.1) is 49.8 Å². The molecule has 7 heterocycles. The van der Waals surface area contributed by atoms with E-state index in [0.29, 0.717) is 0 Å². The number of para-hydroxylation sites is 9. The minimum absolute atomic E-state index is 0.826. The Labute approximate surface area is 693 Å². The second-order valence-electron chi connectivity index (χ2n) is 32.0. The van der Waals surface area contributed by atoms with Gasteiger partial charge in [-0.2, -0.15) is 0 Å². The Morgan fingerprint density at radius 1 is 0.149 bits per heavy atom. The van der Waals surface area contributed by atoms with Crippen LogP contribution in [0.25, 0.3) is 254 Å². The molecule has 0 aliphatic carbocycles. The first kappa shape index (κ1) is 67.0. The van der Waals surface area contributed by atoms with E-state index >= 15 is 0 Å². The van der Waals surface area contributed by atoms with E-state index in [4.69, 9.17) is 13.3 Å². The summed E-state index contributed by atoms with van der Waals surface area (Å²) in [6.45, 7) is 0. The summed E-state index contributed by atoms with van der Waals surface area (Å²) < 4.78 is 30.1. The highest BCUT2D eigenvalue weighted by atomic mass is 16.3. The van der Waals surface area contributed by atoms with Crippen molar-refractivity contribution in [3.63, 3.8) is 0 Å². The normalized spacial score (nSPS) is 12.1. The number of aromatic nitrogens is 4. The molecule has 19 aromatic carbocycles. The van der Waals surface area contributed by atoms with Crippen molar-refractivity contribution in [3.05, 3.63) is 413 Å². The summed E-state index contributed by atoms with van der Waals surface area (Å²) >= 11 is 0. The van der Waals surface area contributed by atoms with E-state index in [-0.39, 0.29) is 0 Å². The van der Waals surface area contributed by atoms with E-state index in [1.807, 2.05) is 18.2 Å². The van der Waals surface area contributed by atoms with E-state index in [0.717, 1.165) is 216 Å². The first-order valence-electron chi connectivity index (χ1n) is 41.4. The van der Waals surface area contributed by atoms with Crippen molar-refractivity contribution in [2.24, 2.45) is 0 Å². The van der Waals surface area contributed by atoms with Crippen molar-refractivity contribution >= 4 is 153 Å². The minimum atomic E-state index is 0.826. The van der Waals surface area contributed by atoms with Crippen LogP contribution in [-0.4, -0.2) is 18.3 Å². The zero-order valence-electron chi connectivity index (χ0n) is 65.3. The zero-order valence-corrected chi connectivity index (χ0v) is 65.3. The largest absolute Gasteiger partial charge is 0.455 e. The number of fused-ring (bicyclic) bond motifs is 21. The van der Waals surface area contributed by atoms with Crippen LogP contribution < -0.4 is 0 Å². The first-order chi connectivity index (χ1) is 60.0. The molecule has 562 valence electrons. The number of hydrogen-bond donors (Lipinski definition) is 0. The molecule has 0 saturated heterocycles. The lowest BCUT2D eigenvalue weighted by Gasteiger charge is -2.15. The summed E-state index contributed by atoms with van der Waals surface area (Å²) in [7, 11) is 0. The molecule has 7 heteroatoms. The average Bonchev–Trinajstić information content (AvgIpc) is 1.56. The highest BCUT2D eigenvalue weighted by molar-refractivity contribution is 6.23. The lowest BCUT2D eigenvalue weighted by Crippen LogP contribution is -1.96. The highest BCUT2D eigenvalue weighted by Crippen LogP contribution is 2.50. The van der Waals surface area contributed by atoms with Gasteiger partial charge in [-0.15, -0.1) is 0 Å². The molecule has 0 spiro atoms. The number of nitrogens with zero attached hydrogens (tertiary/aromatic N) is 4. The molecule has 0 amide bonds. The lowest BCUT2D eigenvalue weighted by molar-refractivity contribution is 0.666. The second kappa shape index (κ2) is 26.1. The monoisotopic (exact) mass is 1540 g/mol. The van der Waals surface area contributed by atoms with Crippen LogP contribution in [-0.2, 0) is 0 Å². The van der Waals surface area contributed by atoms with E-state index in [9.17, 15) is 0 Å². The van der Waals surface area contributed by atoms with E-state index in [1.165, 1.54) is 37.9 Å². The molecule has 0 unspecified atom stereocenters. The number of benzene rings is 19. The Morgan fingerprint density at radius 2 is 0.545 bits per heavy atom. The molecule has 0 atom stereocenters. The fraction of sp³-hybridized carbons (Fsp3) is 0. The molecular weight excluding hydrogens is 1470 g/mol. The van der Waals surface area contributed by atoms with Crippen molar-refractivity contribution in [1.82, 2.24) is 18.3 Å². The van der Waals surface area contributed by atoms with Gasteiger partial charge in [-0.3, -0.25) is 0 Å². The van der Waals surface area contributed by atoms with Gasteiger partial charge >= 0.3 is 0 Å². The number of rotatable bonds is 11. The van der Waals surface area contributed by atoms with Gasteiger partial charge in [0.25, 0.3) is 0 Å². The number of furan rings is 3. The summed E-state index contributed by atoms with van der Waals surface area (Å²) in [4.78, 5) is 0. The molecular formula is C114H68N4O3. The van der Waals surface area contributed by atoms with Crippen LogP contribution >= 0.6 is 0 Å².